The van der Waals surface area contributed by atoms with Crippen LogP contribution in [0.5, 0.6) is 0 Å². The molecule has 3 aromatic rings. The second-order valence-electron chi connectivity index (χ2n) is 5.39. The van der Waals surface area contributed by atoms with Crippen LogP contribution < -0.4 is 4.72 Å². The van der Waals surface area contributed by atoms with Gasteiger partial charge in [-0.2, -0.15) is 18.4 Å². The molecule has 134 valence electrons. The Hall–Kier alpha value is -2.57. The van der Waals surface area contributed by atoms with Gasteiger partial charge in [0.2, 0.25) is 0 Å². The number of rotatable bonds is 5. The first-order valence-corrected chi connectivity index (χ1v) is 8.56. The molecule has 0 unspecified atom stereocenters. The van der Waals surface area contributed by atoms with Crippen LogP contribution in [0.3, 0.4) is 0 Å². The number of imidazole rings is 1. The Morgan fingerprint density at radius 2 is 2.08 bits per heavy atom. The molecule has 0 aliphatic carbocycles. The Morgan fingerprint density at radius 1 is 1.27 bits per heavy atom. The highest BCUT2D eigenvalue weighted by atomic mass is 32.2. The Labute approximate surface area is 152 Å². The Morgan fingerprint density at radius 3 is 2.69 bits per heavy atom. The van der Waals surface area contributed by atoms with Crippen LogP contribution in [0.4, 0.5) is 13.2 Å². The SMILES string of the molecule is CCn1c(CNSc2ccc(C#N)nc2)nc2ccc(C(F)(F)F)cc21. The van der Waals surface area contributed by atoms with E-state index in [2.05, 4.69) is 14.7 Å². The molecular weight excluding hydrogens is 363 g/mol. The number of alkyl halides is 3. The van der Waals surface area contributed by atoms with Gasteiger partial charge in [0, 0.05) is 17.6 Å². The Bertz CT molecular complexity index is 957. The van der Waals surface area contributed by atoms with Crippen LogP contribution in [0.1, 0.15) is 24.0 Å². The molecule has 0 bridgehead atoms. The standard InChI is InChI=1S/C17H14F3N5S/c1-2-25-15-7-11(17(18,19)20)3-6-14(15)24-16(25)10-23-26-13-5-4-12(8-21)22-9-13/h3-7,9,23H,2,10H2,1H3. The first-order chi connectivity index (χ1) is 12.4. The lowest BCUT2D eigenvalue weighted by atomic mass is 10.2. The minimum Gasteiger partial charge on any atom is -0.327 e. The van der Waals surface area contributed by atoms with Gasteiger partial charge in [0.05, 0.1) is 23.1 Å². The molecule has 0 spiro atoms. The monoisotopic (exact) mass is 377 g/mol. The molecule has 9 heteroatoms. The third-order valence-corrected chi connectivity index (χ3v) is 4.51. The van der Waals surface area contributed by atoms with Crippen LogP contribution in [-0.4, -0.2) is 14.5 Å². The summed E-state index contributed by atoms with van der Waals surface area (Å²) in [6.07, 6.45) is -2.80. The molecule has 2 heterocycles. The van der Waals surface area contributed by atoms with Crippen LogP contribution in [0.2, 0.25) is 0 Å². The van der Waals surface area contributed by atoms with Crippen LogP contribution in [0.25, 0.3) is 11.0 Å². The summed E-state index contributed by atoms with van der Waals surface area (Å²) in [4.78, 5) is 9.22. The second kappa shape index (κ2) is 7.35. The molecule has 0 atom stereocenters. The summed E-state index contributed by atoms with van der Waals surface area (Å²) in [6, 6.07) is 8.90. The number of hydrogen-bond acceptors (Lipinski definition) is 5. The first-order valence-electron chi connectivity index (χ1n) is 7.74. The van der Waals surface area contributed by atoms with E-state index in [9.17, 15) is 13.2 Å². The van der Waals surface area contributed by atoms with Crippen molar-refractivity contribution in [1.82, 2.24) is 19.3 Å². The lowest BCUT2D eigenvalue weighted by molar-refractivity contribution is -0.137. The summed E-state index contributed by atoms with van der Waals surface area (Å²) in [5.74, 6) is 0.649. The van der Waals surface area contributed by atoms with Crippen molar-refractivity contribution in [2.45, 2.75) is 31.1 Å². The maximum atomic E-state index is 12.9. The molecule has 0 fully saturated rings. The smallest absolute Gasteiger partial charge is 0.327 e. The van der Waals surface area contributed by atoms with Gasteiger partial charge < -0.3 is 4.57 Å². The number of aryl methyl sites for hydroxylation is 1. The van der Waals surface area contributed by atoms with Crippen LogP contribution in [-0.2, 0) is 19.3 Å². The van der Waals surface area contributed by atoms with Gasteiger partial charge in [0.15, 0.2) is 0 Å². The maximum absolute atomic E-state index is 12.9. The average Bonchev–Trinajstić information content (AvgIpc) is 2.98. The predicted octanol–water partition coefficient (Wildman–Crippen LogP) is 4.14. The zero-order valence-electron chi connectivity index (χ0n) is 13.7. The molecule has 1 N–H and O–H groups in total. The van der Waals surface area contributed by atoms with Gasteiger partial charge in [-0.25, -0.2) is 9.97 Å². The Kier molecular flexibility index (Phi) is 5.15. The number of pyridine rings is 1. The van der Waals surface area contributed by atoms with Crippen LogP contribution in [0, 0.1) is 11.3 Å². The molecule has 0 aliphatic heterocycles. The average molecular weight is 377 g/mol. The predicted molar refractivity (Wildman–Crippen MR) is 92.1 cm³/mol. The number of nitriles is 1. The van der Waals surface area contributed by atoms with Gasteiger partial charge >= 0.3 is 6.18 Å². The fraction of sp³-hybridized carbons (Fsp3) is 0.235. The molecule has 5 nitrogen and oxygen atoms in total. The number of benzene rings is 1. The fourth-order valence-electron chi connectivity index (χ4n) is 2.53. The topological polar surface area (TPSA) is 66.5 Å². The van der Waals surface area contributed by atoms with E-state index >= 15 is 0 Å². The molecule has 3 rings (SSSR count). The molecule has 0 aliphatic rings. The third-order valence-electron chi connectivity index (χ3n) is 3.74. The number of aromatic nitrogens is 3. The quantitative estimate of drug-likeness (QED) is 0.677. The van der Waals surface area contributed by atoms with E-state index in [1.165, 1.54) is 18.0 Å². The van der Waals surface area contributed by atoms with E-state index < -0.39 is 11.7 Å². The normalized spacial score (nSPS) is 11.7. The Balaban J connectivity index is 1.77. The van der Waals surface area contributed by atoms with Crippen LogP contribution >= 0.6 is 11.9 Å². The highest BCUT2D eigenvalue weighted by Crippen LogP contribution is 2.31. The van der Waals surface area contributed by atoms with Crippen molar-refractivity contribution in [1.29, 1.82) is 5.26 Å². The van der Waals surface area contributed by atoms with Gasteiger partial charge in [0.1, 0.15) is 17.6 Å². The molecule has 2 aromatic heterocycles. The minimum absolute atomic E-state index is 0.336. The summed E-state index contributed by atoms with van der Waals surface area (Å²) < 4.78 is 43.7. The van der Waals surface area contributed by atoms with E-state index in [4.69, 9.17) is 5.26 Å². The molecule has 26 heavy (non-hydrogen) atoms. The van der Waals surface area contributed by atoms with Gasteiger partial charge in [-0.05, 0) is 49.2 Å². The zero-order valence-corrected chi connectivity index (χ0v) is 14.5. The van der Waals surface area contributed by atoms with Crippen molar-refractivity contribution < 1.29 is 13.2 Å². The van der Waals surface area contributed by atoms with Gasteiger partial charge in [-0.1, -0.05) is 0 Å². The maximum Gasteiger partial charge on any atom is 0.416 e. The minimum atomic E-state index is -4.38. The van der Waals surface area contributed by atoms with Crippen molar-refractivity contribution >= 4 is 23.0 Å². The molecule has 0 radical (unpaired) electrons. The van der Waals surface area contributed by atoms with Crippen molar-refractivity contribution in [3.63, 3.8) is 0 Å². The molecule has 1 aromatic carbocycles. The second-order valence-corrected chi connectivity index (χ2v) is 6.35. The van der Waals surface area contributed by atoms with Gasteiger partial charge in [0.25, 0.3) is 0 Å². The van der Waals surface area contributed by atoms with E-state index in [1.54, 1.807) is 22.9 Å². The number of nitrogens with one attached hydrogen (secondary N) is 1. The van der Waals surface area contributed by atoms with E-state index in [-0.39, 0.29) is 0 Å². The third kappa shape index (κ3) is 3.81. The largest absolute Gasteiger partial charge is 0.416 e. The number of hydrogen-bond donors (Lipinski definition) is 1. The lowest BCUT2D eigenvalue weighted by Crippen LogP contribution is -2.10. The molecule has 0 saturated heterocycles. The number of nitrogens with zero attached hydrogens (tertiary/aromatic N) is 4. The number of fused-ring (bicyclic) bond motifs is 1. The fourth-order valence-corrected chi connectivity index (χ4v) is 3.14. The summed E-state index contributed by atoms with van der Waals surface area (Å²) in [5.41, 5.74) is 0.644. The highest BCUT2D eigenvalue weighted by molar-refractivity contribution is 7.97. The van der Waals surface area contributed by atoms with E-state index in [0.29, 0.717) is 35.6 Å². The molecule has 0 saturated carbocycles. The highest BCUT2D eigenvalue weighted by Gasteiger charge is 2.31. The number of halogens is 3. The van der Waals surface area contributed by atoms with E-state index in [0.717, 1.165) is 17.0 Å². The van der Waals surface area contributed by atoms with E-state index in [1.807, 2.05) is 13.0 Å². The van der Waals surface area contributed by atoms with Crippen molar-refractivity contribution in [2.75, 3.05) is 0 Å². The summed E-state index contributed by atoms with van der Waals surface area (Å²) in [5, 5.41) is 8.73. The van der Waals surface area contributed by atoms with Crippen molar-refractivity contribution in [3.05, 3.63) is 53.6 Å². The molecule has 0 amide bonds. The van der Waals surface area contributed by atoms with Crippen LogP contribution in [0.15, 0.2) is 41.4 Å². The summed E-state index contributed by atoms with van der Waals surface area (Å²) in [7, 11) is 0. The summed E-state index contributed by atoms with van der Waals surface area (Å²) in [6.45, 7) is 2.75. The lowest BCUT2D eigenvalue weighted by Gasteiger charge is -2.09. The van der Waals surface area contributed by atoms with Gasteiger partial charge in [-0.15, -0.1) is 0 Å². The zero-order chi connectivity index (χ0) is 18.7. The van der Waals surface area contributed by atoms with Crippen molar-refractivity contribution in [3.8, 4) is 6.07 Å². The first kappa shape index (κ1) is 18.2. The van der Waals surface area contributed by atoms with Gasteiger partial charge in [-0.3, -0.25) is 4.72 Å². The van der Waals surface area contributed by atoms with Crippen molar-refractivity contribution in [2.24, 2.45) is 0 Å². The summed E-state index contributed by atoms with van der Waals surface area (Å²) >= 11 is 1.32. The molecular formula is C17H14F3N5S.